The molecule has 3 nitrogen and oxygen atoms in total. The average Bonchev–Trinajstić information content (AvgIpc) is 2.49. The number of nitrogens with zero attached hydrogens (tertiary/aromatic N) is 1. The van der Waals surface area contributed by atoms with Gasteiger partial charge in [-0.15, -0.1) is 0 Å². The van der Waals surface area contributed by atoms with E-state index < -0.39 is 10.0 Å². The van der Waals surface area contributed by atoms with Crippen molar-refractivity contribution in [2.45, 2.75) is 6.92 Å². The molecular formula is C16H31NO2SW8-10. The topological polar surface area (TPSA) is 37.4 Å². The third kappa shape index (κ3) is 25.1. The Morgan fingerprint density at radius 1 is 0.821 bits per heavy atom. The number of hydrogen-bond acceptors (Lipinski definition) is 2. The second-order valence-corrected chi connectivity index (χ2v) is 6.77. The Kier molecular flexibility index (Phi) is 112. The Morgan fingerprint density at radius 2 is 1.11 bits per heavy atom. The third-order valence-corrected chi connectivity index (χ3v) is 6.06. The third-order valence-electron chi connectivity index (χ3n) is 1.78. The van der Waals surface area contributed by atoms with E-state index in [1.807, 2.05) is 6.08 Å². The molecule has 1 rings (SSSR count). The summed E-state index contributed by atoms with van der Waals surface area (Å²) in [5, 5.41) is 0. The van der Waals surface area contributed by atoms with Crippen LogP contribution in [0.2, 0.25) is 0 Å². The van der Waals surface area contributed by atoms with E-state index in [1.54, 1.807) is 104 Å². The summed E-state index contributed by atoms with van der Waals surface area (Å²) < 4.78 is 28.7. The van der Waals surface area contributed by atoms with Crippen LogP contribution in [-0.4, -0.2) is 28.1 Å². The second kappa shape index (κ2) is 45.0. The van der Waals surface area contributed by atoms with E-state index in [2.05, 4.69) is 10.5 Å². The molecule has 28 heavy (non-hydrogen) atoms. The van der Waals surface area contributed by atoms with E-state index in [0.29, 0.717) is 10.6 Å². The molecule has 0 atom stereocenters. The molecular weight excluding hydrogens is 1740 g/mol. The fourth-order valence-corrected chi connectivity index (χ4v) is 5.06. The monoisotopic (exact) mass is 1770 g/mol. The molecule has 0 amide bonds. The first-order valence-electron chi connectivity index (χ1n) is 4.13. The summed E-state index contributed by atoms with van der Waals surface area (Å²) in [5.41, 5.74) is 0.629. The molecule has 1 aliphatic rings. The zero-order valence-electron chi connectivity index (χ0n) is 18.0. The van der Waals surface area contributed by atoms with Gasteiger partial charge in [0, 0.05) is 0 Å². The molecule has 0 aromatic heterocycles. The van der Waals surface area contributed by atoms with Crippen molar-refractivity contribution in [3.8, 4) is 0 Å². The quantitative estimate of drug-likeness (QED) is 0.379. The molecule has 1 heterocycles. The molecule has 0 N–H and O–H groups in total. The van der Waals surface area contributed by atoms with Gasteiger partial charge in [0.1, 0.15) is 0 Å². The zero-order valence-corrected chi connectivity index (χ0v) is 42.3. The zero-order chi connectivity index (χ0) is 16.9. The van der Waals surface area contributed by atoms with Crippen LogP contribution in [-0.2, 0) is 146 Å². The van der Waals surface area contributed by atoms with Gasteiger partial charge < -0.3 is 59.4 Å². The van der Waals surface area contributed by atoms with Crippen LogP contribution in [0.3, 0.4) is 0 Å². The maximum atomic E-state index is 11.9. The summed E-state index contributed by atoms with van der Waals surface area (Å²) in [5.74, 6) is 0. The first-order valence-corrected chi connectivity index (χ1v) is 41.5. The average molecular weight is 1770 g/mol. The van der Waals surface area contributed by atoms with Crippen LogP contribution in [0.15, 0.2) is 16.7 Å². The Morgan fingerprint density at radius 3 is 1.32 bits per heavy atom. The van der Waals surface area contributed by atoms with Gasteiger partial charge in [-0.2, -0.15) is 0 Å². The summed E-state index contributed by atoms with van der Waals surface area (Å²) in [6.45, 7) is 1.62. The molecule has 0 spiro atoms. The van der Waals surface area contributed by atoms with Crippen LogP contribution in [0, 0.1) is 65.5 Å². The molecule has 0 aromatic carbocycles. The summed E-state index contributed by atoms with van der Waals surface area (Å²) in [4.78, 5) is 0.295. The van der Waals surface area contributed by atoms with E-state index in [9.17, 15) is 8.42 Å². The maximum absolute atomic E-state index is 11.9. The summed E-state index contributed by atoms with van der Waals surface area (Å²) in [6.07, 6.45) is 4.57. The van der Waals surface area contributed by atoms with Crippen molar-refractivity contribution in [1.29, 1.82) is 0 Å². The molecule has 0 bridgehead atoms. The van der Waals surface area contributed by atoms with E-state index in [4.69, 9.17) is 0 Å². The Hall–Kier alpha value is 4.48. The van der Waals surface area contributed by atoms with Gasteiger partial charge in [-0.1, -0.05) is 0 Å². The summed E-state index contributed by atoms with van der Waals surface area (Å²) >= 11 is 12.2. The van der Waals surface area contributed by atoms with E-state index >= 15 is 0 Å². The standard InChI is InChI=1S/C8H7NO2S.8CH3.8W/c1-4-8-6-5-7(2)9(3)12(8,10)11;;;;;;;;;;;;;;;;/h5H,1,3H3;8*1H3;;;;;;;;/q-2;8*-1;;;;;;;;. The molecule has 0 saturated carbocycles. The van der Waals surface area contributed by atoms with Gasteiger partial charge in [0.15, 0.2) is 0 Å². The number of hydrogen-bond donors (Lipinski definition) is 0. The minimum absolute atomic E-state index is 0. The molecule has 0 aliphatic carbocycles. The molecule has 0 aromatic rings. The van der Waals surface area contributed by atoms with Crippen LogP contribution in [0.25, 0.3) is 0 Å². The van der Waals surface area contributed by atoms with Gasteiger partial charge in [-0.3, -0.25) is 0 Å². The first-order chi connectivity index (χ1) is 9.45. The Balaban J connectivity index is -0.0000000211. The predicted octanol–water partition coefficient (Wildman–Crippen LogP) is 3.39. The van der Waals surface area contributed by atoms with Crippen molar-refractivity contribution >= 4 is 18.3 Å². The van der Waals surface area contributed by atoms with E-state index in [-0.39, 0.29) is 59.4 Å². The van der Waals surface area contributed by atoms with Gasteiger partial charge in [0.2, 0.25) is 0 Å². The van der Waals surface area contributed by atoms with Gasteiger partial charge in [0.05, 0.1) is 0 Å². The Labute approximate surface area is 258 Å². The number of rotatable bonds is 1. The van der Waals surface area contributed by atoms with Crippen molar-refractivity contribution in [1.82, 2.24) is 4.31 Å². The van der Waals surface area contributed by atoms with Gasteiger partial charge in [-0.25, -0.2) is 0 Å². The molecule has 0 radical (unpaired) electrons. The molecule has 0 saturated heterocycles. The molecule has 12 heteroatoms. The predicted molar refractivity (Wildman–Crippen MR) is 98.5 cm³/mol. The Bertz CT molecular complexity index is 504. The normalized spacial score (nSPS) is 12.2. The van der Waals surface area contributed by atoms with Crippen molar-refractivity contribution in [2.24, 2.45) is 0 Å². The van der Waals surface area contributed by atoms with Crippen LogP contribution in [0.1, 0.15) is 6.92 Å². The minimum atomic E-state index is -3.36. The summed E-state index contributed by atoms with van der Waals surface area (Å²) in [7, 11) is -1.82. The first kappa shape index (κ1) is 69.8. The molecule has 1 aliphatic heterocycles. The van der Waals surface area contributed by atoms with Gasteiger partial charge >= 0.3 is 204 Å². The number of sulfonamides is 1. The second-order valence-electron chi connectivity index (χ2n) is 2.55. The molecule has 176 valence electrons. The van der Waals surface area contributed by atoms with Gasteiger partial charge in [0.25, 0.3) is 0 Å². The fourth-order valence-electron chi connectivity index (χ4n) is 1.02. The van der Waals surface area contributed by atoms with E-state index in [0.717, 1.165) is 42.6 Å². The SMILES string of the molecule is C[C-]=C1[C](=[W])C=C([C-]=[W])N(C)S1(=O)=O.[CH3-].[CH3-].[CH3-].[CH3-].[CH3-].[CH3-].[CH3-].[CH3-].[W]=[W].[W]=[W].[W]=[W]. The molecule has 0 unspecified atom stereocenters. The van der Waals surface area contributed by atoms with Crippen molar-refractivity contribution in [3.63, 3.8) is 0 Å². The molecule has 0 fully saturated rings. The van der Waals surface area contributed by atoms with Crippen LogP contribution in [0.5, 0.6) is 0 Å². The fraction of sp³-hybridized carbons (Fsp3) is 0.125. The van der Waals surface area contributed by atoms with E-state index in [1.165, 1.54) is 11.4 Å². The summed E-state index contributed by atoms with van der Waals surface area (Å²) in [6, 6.07) is 0. The van der Waals surface area contributed by atoms with Crippen LogP contribution >= 0.6 is 0 Å². The van der Waals surface area contributed by atoms with Crippen LogP contribution in [0.4, 0.5) is 0 Å². The van der Waals surface area contributed by atoms with Crippen molar-refractivity contribution in [3.05, 3.63) is 82.2 Å². The van der Waals surface area contributed by atoms with Gasteiger partial charge in [-0.05, 0) is 0 Å². The number of allylic oxidation sites excluding steroid dienone is 4. The van der Waals surface area contributed by atoms with Crippen molar-refractivity contribution in [2.75, 3.05) is 7.05 Å². The van der Waals surface area contributed by atoms with Crippen molar-refractivity contribution < 1.29 is 144 Å². The van der Waals surface area contributed by atoms with Crippen LogP contribution < -0.4 is 0 Å².